The Morgan fingerprint density at radius 1 is 0.933 bits per heavy atom. The minimum absolute atomic E-state index is 0.0792. The number of nitrogens with zero attached hydrogens (tertiary/aromatic N) is 6. The number of hydrogen-bond donors (Lipinski definition) is 1. The first-order chi connectivity index (χ1) is 14.7. The zero-order valence-corrected chi connectivity index (χ0v) is 17.0. The number of urea groups is 1. The van der Waals surface area contributed by atoms with Crippen molar-refractivity contribution in [3.8, 4) is 0 Å². The molecule has 1 unspecified atom stereocenters. The van der Waals surface area contributed by atoms with Crippen molar-refractivity contribution in [2.45, 2.75) is 25.3 Å². The number of nitrogens with one attached hydrogen (secondary N) is 1. The van der Waals surface area contributed by atoms with Crippen molar-refractivity contribution in [2.24, 2.45) is 17.8 Å². The predicted molar refractivity (Wildman–Crippen MR) is 110 cm³/mol. The maximum atomic E-state index is 12.8. The zero-order chi connectivity index (χ0) is 20.2. The van der Waals surface area contributed by atoms with Crippen molar-refractivity contribution < 1.29 is 9.59 Å². The Labute approximate surface area is 175 Å². The van der Waals surface area contributed by atoms with Gasteiger partial charge in [0.2, 0.25) is 5.91 Å². The fraction of sp³-hybridized carbons (Fsp3) is 0.619. The maximum absolute atomic E-state index is 12.8. The lowest BCUT2D eigenvalue weighted by atomic mass is 10.2. The topological polar surface area (TPSA) is 86.1 Å². The van der Waals surface area contributed by atoms with E-state index in [2.05, 4.69) is 20.2 Å². The van der Waals surface area contributed by atoms with Gasteiger partial charge in [0, 0.05) is 76.0 Å². The molecule has 1 aliphatic carbocycles. The highest BCUT2D eigenvalue weighted by Gasteiger charge is 2.60. The third-order valence-electron chi connectivity index (χ3n) is 7.27. The molecule has 0 spiro atoms. The van der Waals surface area contributed by atoms with Crippen molar-refractivity contribution in [3.05, 3.63) is 24.8 Å². The number of imidazole rings is 1. The van der Waals surface area contributed by atoms with Gasteiger partial charge in [-0.05, 0) is 31.1 Å². The lowest BCUT2D eigenvalue weighted by Crippen LogP contribution is -2.44. The minimum atomic E-state index is 0.0792. The van der Waals surface area contributed by atoms with Crippen LogP contribution in [-0.4, -0.2) is 81.4 Å². The zero-order valence-electron chi connectivity index (χ0n) is 17.0. The number of amides is 3. The summed E-state index contributed by atoms with van der Waals surface area (Å²) in [4.78, 5) is 40.4. The normalized spacial score (nSPS) is 30.2. The second-order valence-electron chi connectivity index (χ2n) is 9.08. The van der Waals surface area contributed by atoms with Crippen LogP contribution in [0.2, 0.25) is 0 Å². The number of fused-ring (bicyclic) bond motifs is 2. The minimum Gasteiger partial charge on any atom is -0.351 e. The van der Waals surface area contributed by atoms with E-state index in [1.807, 2.05) is 26.6 Å². The largest absolute Gasteiger partial charge is 0.351 e. The molecule has 0 bridgehead atoms. The summed E-state index contributed by atoms with van der Waals surface area (Å²) in [7, 11) is 0. The fourth-order valence-electron chi connectivity index (χ4n) is 5.61. The predicted octanol–water partition coefficient (Wildman–Crippen LogP) is 0.818. The molecule has 3 aliphatic heterocycles. The van der Waals surface area contributed by atoms with Gasteiger partial charge in [0.15, 0.2) is 11.5 Å². The quantitative estimate of drug-likeness (QED) is 0.811. The van der Waals surface area contributed by atoms with Crippen LogP contribution in [0.1, 0.15) is 19.3 Å². The first kappa shape index (κ1) is 18.0. The third-order valence-corrected chi connectivity index (χ3v) is 7.27. The average molecular weight is 409 g/mol. The second kappa shape index (κ2) is 6.85. The average Bonchev–Trinajstić information content (AvgIpc) is 3.38. The molecule has 2 aromatic rings. The number of piperidine rings is 1. The van der Waals surface area contributed by atoms with Gasteiger partial charge in [-0.2, -0.15) is 0 Å². The highest BCUT2D eigenvalue weighted by molar-refractivity contribution is 5.84. The Morgan fingerprint density at radius 2 is 1.67 bits per heavy atom. The molecule has 5 heterocycles. The van der Waals surface area contributed by atoms with Crippen molar-refractivity contribution >= 4 is 23.4 Å². The summed E-state index contributed by atoms with van der Waals surface area (Å²) in [5.74, 6) is 1.80. The Bertz CT molecular complexity index is 973. The van der Waals surface area contributed by atoms with Gasteiger partial charge in [0.05, 0.1) is 0 Å². The first-order valence-electron chi connectivity index (χ1n) is 11.1. The molecule has 30 heavy (non-hydrogen) atoms. The lowest BCUT2D eigenvalue weighted by molar-refractivity contribution is -0.123. The fourth-order valence-corrected chi connectivity index (χ4v) is 5.61. The van der Waals surface area contributed by atoms with E-state index in [4.69, 9.17) is 0 Å². The van der Waals surface area contributed by atoms with Crippen LogP contribution in [0.4, 0.5) is 10.6 Å². The molecule has 1 saturated carbocycles. The molecule has 9 heteroatoms. The Hall–Kier alpha value is -2.84. The van der Waals surface area contributed by atoms with Crippen molar-refractivity contribution in [2.75, 3.05) is 44.2 Å². The summed E-state index contributed by atoms with van der Waals surface area (Å²) in [5.41, 5.74) is 0.851. The number of carbonyl (C=O) groups excluding carboxylic acids is 2. The summed E-state index contributed by atoms with van der Waals surface area (Å²) < 4.78 is 1.97. The van der Waals surface area contributed by atoms with Gasteiger partial charge in [0.25, 0.3) is 0 Å². The van der Waals surface area contributed by atoms with Gasteiger partial charge in [-0.15, -0.1) is 0 Å². The van der Waals surface area contributed by atoms with E-state index in [-0.39, 0.29) is 23.9 Å². The van der Waals surface area contributed by atoms with Crippen molar-refractivity contribution in [1.29, 1.82) is 0 Å². The Morgan fingerprint density at radius 3 is 2.43 bits per heavy atom. The van der Waals surface area contributed by atoms with E-state index in [1.54, 1.807) is 12.4 Å². The summed E-state index contributed by atoms with van der Waals surface area (Å²) >= 11 is 0. The summed E-state index contributed by atoms with van der Waals surface area (Å²) in [6.45, 7) is 4.86. The molecule has 158 valence electrons. The molecule has 0 radical (unpaired) electrons. The Kier molecular flexibility index (Phi) is 4.10. The molecule has 9 nitrogen and oxygen atoms in total. The molecule has 1 N–H and O–H groups in total. The van der Waals surface area contributed by atoms with Crippen LogP contribution < -0.4 is 10.2 Å². The summed E-state index contributed by atoms with van der Waals surface area (Å²) in [6.07, 6.45) is 10.5. The van der Waals surface area contributed by atoms with Crippen LogP contribution >= 0.6 is 0 Å². The highest BCUT2D eigenvalue weighted by atomic mass is 16.2. The summed E-state index contributed by atoms with van der Waals surface area (Å²) in [6, 6.07) is 0.309. The van der Waals surface area contributed by atoms with E-state index in [0.717, 1.165) is 70.0 Å². The van der Waals surface area contributed by atoms with Gasteiger partial charge < -0.3 is 24.4 Å². The Balaban J connectivity index is 1.03. The van der Waals surface area contributed by atoms with Crippen LogP contribution in [0.3, 0.4) is 0 Å². The SMILES string of the molecule is O=C(N[C@H]1CCN(c2nccn3ccnc23)C1)C1[C@H]2CN(C(=O)N3CCCC3)C[C@@H]12. The van der Waals surface area contributed by atoms with E-state index in [1.165, 1.54) is 0 Å². The molecule has 4 aliphatic rings. The van der Waals surface area contributed by atoms with Crippen LogP contribution in [0.25, 0.3) is 5.65 Å². The van der Waals surface area contributed by atoms with Crippen LogP contribution in [0, 0.1) is 17.8 Å². The van der Waals surface area contributed by atoms with Gasteiger partial charge in [-0.3, -0.25) is 4.79 Å². The molecule has 3 saturated heterocycles. The van der Waals surface area contributed by atoms with Crippen LogP contribution in [0.15, 0.2) is 24.8 Å². The van der Waals surface area contributed by atoms with Gasteiger partial charge in [-0.25, -0.2) is 14.8 Å². The third kappa shape index (κ3) is 2.90. The number of carbonyl (C=O) groups is 2. The van der Waals surface area contributed by atoms with Gasteiger partial charge in [0.1, 0.15) is 0 Å². The van der Waals surface area contributed by atoms with E-state index in [0.29, 0.717) is 11.8 Å². The van der Waals surface area contributed by atoms with Crippen molar-refractivity contribution in [1.82, 2.24) is 29.5 Å². The number of aromatic nitrogens is 3. The van der Waals surface area contributed by atoms with E-state index in [9.17, 15) is 9.59 Å². The number of rotatable bonds is 3. The van der Waals surface area contributed by atoms with Crippen LogP contribution in [-0.2, 0) is 4.79 Å². The lowest BCUT2D eigenvalue weighted by Gasteiger charge is -2.26. The molecular weight excluding hydrogens is 382 g/mol. The molecule has 2 aromatic heterocycles. The first-order valence-corrected chi connectivity index (χ1v) is 11.1. The standard InChI is InChI=1S/C21H27N7O2/c29-20(17-15-12-28(13-16(15)17)21(30)26-6-1-2-7-26)24-14-3-8-27(11-14)19-18-22-4-9-25(18)10-5-23-19/h4-5,9-10,14-17H,1-3,6-8,11-13H2,(H,24,29)/t14-,15-,16+,17?/m0/s1. The smallest absolute Gasteiger partial charge is 0.320 e. The molecule has 4 atom stereocenters. The molecular formula is C21H27N7O2. The van der Waals surface area contributed by atoms with Gasteiger partial charge in [-0.1, -0.05) is 0 Å². The summed E-state index contributed by atoms with van der Waals surface area (Å²) in [5, 5.41) is 3.26. The number of likely N-dealkylation sites (tertiary alicyclic amines) is 2. The van der Waals surface area contributed by atoms with E-state index >= 15 is 0 Å². The van der Waals surface area contributed by atoms with Gasteiger partial charge >= 0.3 is 6.03 Å². The van der Waals surface area contributed by atoms with Crippen molar-refractivity contribution in [3.63, 3.8) is 0 Å². The molecule has 0 aromatic carbocycles. The van der Waals surface area contributed by atoms with E-state index < -0.39 is 0 Å². The monoisotopic (exact) mass is 409 g/mol. The maximum Gasteiger partial charge on any atom is 0.320 e. The number of anilines is 1. The highest BCUT2D eigenvalue weighted by Crippen LogP contribution is 2.52. The molecule has 3 amide bonds. The molecule has 6 rings (SSSR count). The molecule has 4 fully saturated rings. The number of hydrogen-bond acceptors (Lipinski definition) is 5. The second-order valence-corrected chi connectivity index (χ2v) is 9.08. The van der Waals surface area contributed by atoms with Crippen LogP contribution in [0.5, 0.6) is 0 Å².